The van der Waals surface area contributed by atoms with E-state index in [9.17, 15) is 5.39 Å². The highest BCUT2D eigenvalue weighted by molar-refractivity contribution is 6.11. The van der Waals surface area contributed by atoms with Crippen LogP contribution in [0.2, 0.25) is 0 Å². The van der Waals surface area contributed by atoms with Gasteiger partial charge in [-0.3, -0.25) is 0 Å². The molecule has 0 amide bonds. The molecule has 8 bridgehead atoms. The molecule has 0 radical (unpaired) electrons. The molecule has 2 aliphatic heterocycles. The molecule has 0 saturated carbocycles. The maximum absolute atomic E-state index is 9.87. The summed E-state index contributed by atoms with van der Waals surface area (Å²) in [6, 6.07) is 29.2. The van der Waals surface area contributed by atoms with E-state index in [1.54, 1.807) is 6.07 Å². The molecule has 10 nitrogen and oxygen atoms in total. The molecule has 42 heavy (non-hydrogen) atoms. The van der Waals surface area contributed by atoms with Crippen molar-refractivity contribution in [3.8, 4) is 45.6 Å². The lowest BCUT2D eigenvalue weighted by atomic mass is 10.1. The van der Waals surface area contributed by atoms with Gasteiger partial charge in [-0.25, -0.2) is 29.9 Å². The van der Waals surface area contributed by atoms with Gasteiger partial charge in [-0.1, -0.05) is 78.9 Å². The van der Waals surface area contributed by atoms with Crippen molar-refractivity contribution in [3.05, 3.63) is 96.0 Å². The van der Waals surface area contributed by atoms with Gasteiger partial charge in [-0.15, -0.1) is 0 Å². The zero-order valence-electron chi connectivity index (χ0n) is 21.7. The van der Waals surface area contributed by atoms with Gasteiger partial charge in [-0.2, -0.15) is 0 Å². The van der Waals surface area contributed by atoms with E-state index in [1.165, 1.54) is 0 Å². The summed E-state index contributed by atoms with van der Waals surface area (Å²) in [6.07, 6.45) is 0. The van der Waals surface area contributed by atoms with E-state index in [2.05, 4.69) is 14.9 Å². The summed E-state index contributed by atoms with van der Waals surface area (Å²) in [6.45, 7) is 0. The van der Waals surface area contributed by atoms with Gasteiger partial charge in [0.25, 0.3) is 0 Å². The third-order valence-electron chi connectivity index (χ3n) is 7.67. The maximum Gasteiger partial charge on any atom is 0.396 e. The molecule has 0 saturated heterocycles. The molecule has 2 N–H and O–H groups in total. The SMILES string of the molecule is N#[N+]c1cccc2c3nc4nc(nc5[nH]c(nc6nc(nc([nH]3)c12)-c1ccccc1-6)c1ccccc51)-c1ccccc1-4. The molecule has 9 rings (SSSR count). The molecular formula is C32H17N10+. The number of nitrogens with zero attached hydrogens (tertiary/aromatic N) is 8. The van der Waals surface area contributed by atoms with Crippen LogP contribution < -0.4 is 0 Å². The highest BCUT2D eigenvalue weighted by Crippen LogP contribution is 2.38. The lowest BCUT2D eigenvalue weighted by molar-refractivity contribution is 1.19. The normalized spacial score (nSPS) is 11.8. The highest BCUT2D eigenvalue weighted by Gasteiger charge is 2.23. The molecule has 3 aromatic heterocycles. The number of aromatic amines is 2. The zero-order chi connectivity index (χ0) is 27.8. The first-order valence-corrected chi connectivity index (χ1v) is 13.3. The van der Waals surface area contributed by atoms with Crippen molar-refractivity contribution in [2.24, 2.45) is 0 Å². The van der Waals surface area contributed by atoms with E-state index in [1.807, 2.05) is 84.9 Å². The topological polar surface area (TPSA) is 137 Å². The van der Waals surface area contributed by atoms with Crippen LogP contribution in [0.15, 0.2) is 91.0 Å². The molecule has 7 aromatic rings. The fraction of sp³-hybridized carbons (Fsp3) is 0. The summed E-state index contributed by atoms with van der Waals surface area (Å²) in [5.41, 5.74) is 6.08. The van der Waals surface area contributed by atoms with Crippen LogP contribution in [-0.4, -0.2) is 39.9 Å². The Balaban J connectivity index is 1.53. The molecule has 0 unspecified atom stereocenters. The predicted molar refractivity (Wildman–Crippen MR) is 161 cm³/mol. The molecule has 194 valence electrons. The average Bonchev–Trinajstić information content (AvgIpc) is 3.76. The van der Waals surface area contributed by atoms with E-state index in [0.29, 0.717) is 57.0 Å². The van der Waals surface area contributed by atoms with Crippen LogP contribution in [0.1, 0.15) is 0 Å². The van der Waals surface area contributed by atoms with Crippen molar-refractivity contribution in [3.63, 3.8) is 0 Å². The number of diazo groups is 1. The van der Waals surface area contributed by atoms with Crippen LogP contribution in [0.5, 0.6) is 0 Å². The number of H-pyrrole nitrogens is 2. The summed E-state index contributed by atoms with van der Waals surface area (Å²) >= 11 is 0. The molecule has 0 spiro atoms. The number of aromatic nitrogens is 8. The third-order valence-corrected chi connectivity index (χ3v) is 7.67. The molecule has 0 atom stereocenters. The zero-order valence-corrected chi connectivity index (χ0v) is 21.7. The monoisotopic (exact) mass is 541 g/mol. The molecule has 4 aromatic carbocycles. The van der Waals surface area contributed by atoms with Gasteiger partial charge in [0.2, 0.25) is 5.39 Å². The number of rotatable bonds is 0. The number of benzene rings is 4. The minimum Gasteiger partial charge on any atom is -0.324 e. The van der Waals surface area contributed by atoms with Gasteiger partial charge in [0, 0.05) is 44.5 Å². The van der Waals surface area contributed by atoms with Crippen molar-refractivity contribution in [1.29, 1.82) is 5.39 Å². The summed E-state index contributed by atoms with van der Waals surface area (Å²) in [4.78, 5) is 40.0. The van der Waals surface area contributed by atoms with Crippen LogP contribution in [0.3, 0.4) is 0 Å². The van der Waals surface area contributed by atoms with Gasteiger partial charge in [0.05, 0.1) is 0 Å². The van der Waals surface area contributed by atoms with E-state index in [0.717, 1.165) is 38.4 Å². The first kappa shape index (κ1) is 22.5. The Kier molecular flexibility index (Phi) is 4.46. The van der Waals surface area contributed by atoms with Gasteiger partial charge in [0.15, 0.2) is 28.3 Å². The maximum atomic E-state index is 9.87. The second-order valence-corrected chi connectivity index (χ2v) is 10.0. The van der Waals surface area contributed by atoms with Crippen LogP contribution in [0, 0.1) is 5.39 Å². The van der Waals surface area contributed by atoms with Gasteiger partial charge in [0.1, 0.15) is 28.0 Å². The lowest BCUT2D eigenvalue weighted by Crippen LogP contribution is -1.83. The molecule has 0 aliphatic carbocycles. The Bertz CT molecular complexity index is 2490. The van der Waals surface area contributed by atoms with E-state index < -0.39 is 0 Å². The second kappa shape index (κ2) is 8.33. The number of hydrogen-bond donors (Lipinski definition) is 2. The van der Waals surface area contributed by atoms with Crippen molar-refractivity contribution < 1.29 is 0 Å². The summed E-state index contributed by atoms with van der Waals surface area (Å²) in [7, 11) is 0. The fourth-order valence-electron chi connectivity index (χ4n) is 5.76. The predicted octanol–water partition coefficient (Wildman–Crippen LogP) is 7.35. The Labute approximate surface area is 236 Å². The summed E-state index contributed by atoms with van der Waals surface area (Å²) < 4.78 is 0. The van der Waals surface area contributed by atoms with Crippen LogP contribution in [-0.2, 0) is 0 Å². The Morgan fingerprint density at radius 3 is 1.33 bits per heavy atom. The molecule has 5 heterocycles. The van der Waals surface area contributed by atoms with Gasteiger partial charge < -0.3 is 9.97 Å². The van der Waals surface area contributed by atoms with Crippen LogP contribution in [0.25, 0.3) is 94.7 Å². The van der Waals surface area contributed by atoms with Gasteiger partial charge in [-0.05, 0) is 6.07 Å². The number of nitrogens with one attached hydrogen (secondary N) is 2. The average molecular weight is 542 g/mol. The lowest BCUT2D eigenvalue weighted by Gasteiger charge is -1.96. The Morgan fingerprint density at radius 1 is 0.429 bits per heavy atom. The number of fused-ring (bicyclic) bond motifs is 20. The summed E-state index contributed by atoms with van der Waals surface area (Å²) in [5, 5.41) is 13.1. The Hall–Kier alpha value is -6.34. The molecule has 2 aliphatic rings. The first-order valence-electron chi connectivity index (χ1n) is 13.3. The quantitative estimate of drug-likeness (QED) is 0.191. The third kappa shape index (κ3) is 3.16. The van der Waals surface area contributed by atoms with Gasteiger partial charge >= 0.3 is 5.69 Å². The minimum atomic E-state index is 0.365. The smallest absolute Gasteiger partial charge is 0.324 e. The van der Waals surface area contributed by atoms with Crippen LogP contribution >= 0.6 is 0 Å². The molecule has 0 fully saturated rings. The van der Waals surface area contributed by atoms with E-state index >= 15 is 0 Å². The van der Waals surface area contributed by atoms with Crippen molar-refractivity contribution in [2.75, 3.05) is 0 Å². The highest BCUT2D eigenvalue weighted by atomic mass is 15.1. The standard InChI is InChI=1S/C32H16N10/c33-42-23-15-7-14-22-24(23)32-40-30-21-13-6-5-12-20(21)28(38-30)36-26-17-9-2-1-8-16(17)25(34-26)35-27-18-10-3-4-11-19(18)29(37-27)39-31(22)41-32/h1-15,33H/p+1. The molecule has 10 heteroatoms. The van der Waals surface area contributed by atoms with Crippen LogP contribution in [0.4, 0.5) is 5.69 Å². The van der Waals surface area contributed by atoms with Crippen molar-refractivity contribution >= 4 is 49.8 Å². The first-order chi connectivity index (χ1) is 20.7. The Morgan fingerprint density at radius 2 is 0.833 bits per heavy atom. The summed E-state index contributed by atoms with van der Waals surface area (Å²) in [5.74, 6) is 2.07. The fourth-order valence-corrected chi connectivity index (χ4v) is 5.76. The van der Waals surface area contributed by atoms with E-state index in [-0.39, 0.29) is 0 Å². The second-order valence-electron chi connectivity index (χ2n) is 10.0. The number of hydrogen-bond acceptors (Lipinski definition) is 7. The minimum absolute atomic E-state index is 0.365. The molecular weight excluding hydrogens is 524 g/mol. The van der Waals surface area contributed by atoms with Crippen molar-refractivity contribution in [2.45, 2.75) is 0 Å². The van der Waals surface area contributed by atoms with E-state index in [4.69, 9.17) is 29.9 Å². The largest absolute Gasteiger partial charge is 0.396 e. The van der Waals surface area contributed by atoms with Crippen molar-refractivity contribution in [1.82, 2.24) is 39.9 Å².